The molecular weight excluding hydrogens is 629 g/mol. The largest absolute Gasteiger partial charge is 0.309 e. The SMILES string of the molecule is c1ccc(-c2ccc(N(c3ccc4c5ccccc5n(-c5ccccc5)c4c3)c3ccccc3-c3ccc4ccccc4c3)c3ccccc23)cc1. The van der Waals surface area contributed by atoms with Crippen molar-refractivity contribution in [3.05, 3.63) is 206 Å². The lowest BCUT2D eigenvalue weighted by Crippen LogP contribution is -2.12. The monoisotopic (exact) mass is 662 g/mol. The fraction of sp³-hybridized carbons (Fsp3) is 0. The number of nitrogens with zero attached hydrogens (tertiary/aromatic N) is 2. The van der Waals surface area contributed by atoms with Gasteiger partial charge in [-0.2, -0.15) is 0 Å². The van der Waals surface area contributed by atoms with E-state index in [9.17, 15) is 0 Å². The molecule has 52 heavy (non-hydrogen) atoms. The predicted molar refractivity (Wildman–Crippen MR) is 221 cm³/mol. The Kier molecular flexibility index (Phi) is 7.18. The first-order valence-corrected chi connectivity index (χ1v) is 17.9. The fourth-order valence-corrected chi connectivity index (χ4v) is 7.98. The molecule has 0 aliphatic rings. The first-order valence-electron chi connectivity index (χ1n) is 17.9. The molecule has 0 unspecified atom stereocenters. The third kappa shape index (κ3) is 4.96. The summed E-state index contributed by atoms with van der Waals surface area (Å²) in [7, 11) is 0. The molecule has 0 radical (unpaired) electrons. The van der Waals surface area contributed by atoms with E-state index in [0.29, 0.717) is 0 Å². The normalized spacial score (nSPS) is 11.5. The number of benzene rings is 9. The van der Waals surface area contributed by atoms with Crippen molar-refractivity contribution in [3.63, 3.8) is 0 Å². The molecule has 0 spiro atoms. The summed E-state index contributed by atoms with van der Waals surface area (Å²) in [6, 6.07) is 74.8. The molecule has 9 aromatic carbocycles. The molecule has 10 rings (SSSR count). The third-order valence-electron chi connectivity index (χ3n) is 10.4. The number of para-hydroxylation sites is 3. The average molecular weight is 663 g/mol. The molecule has 0 saturated heterocycles. The van der Waals surface area contributed by atoms with Gasteiger partial charge in [-0.15, -0.1) is 0 Å². The van der Waals surface area contributed by atoms with Crippen LogP contribution in [0, 0.1) is 0 Å². The van der Waals surface area contributed by atoms with E-state index < -0.39 is 0 Å². The molecule has 0 aliphatic carbocycles. The summed E-state index contributed by atoms with van der Waals surface area (Å²) >= 11 is 0. The Morgan fingerprint density at radius 1 is 0.327 bits per heavy atom. The van der Waals surface area contributed by atoms with E-state index in [1.807, 2.05) is 0 Å². The quantitative estimate of drug-likeness (QED) is 0.172. The zero-order chi connectivity index (χ0) is 34.4. The van der Waals surface area contributed by atoms with Crippen LogP contribution in [0.15, 0.2) is 206 Å². The Balaban J connectivity index is 1.27. The lowest BCUT2D eigenvalue weighted by molar-refractivity contribution is 1.18. The molecule has 10 aromatic rings. The van der Waals surface area contributed by atoms with Crippen molar-refractivity contribution in [1.82, 2.24) is 4.57 Å². The summed E-state index contributed by atoms with van der Waals surface area (Å²) in [4.78, 5) is 2.47. The Morgan fingerprint density at radius 2 is 0.981 bits per heavy atom. The number of hydrogen-bond acceptors (Lipinski definition) is 1. The molecule has 0 amide bonds. The molecule has 2 heteroatoms. The lowest BCUT2D eigenvalue weighted by Gasteiger charge is -2.30. The minimum Gasteiger partial charge on any atom is -0.309 e. The highest BCUT2D eigenvalue weighted by Crippen LogP contribution is 2.46. The molecular formula is C50H34N2. The van der Waals surface area contributed by atoms with Crippen LogP contribution < -0.4 is 4.90 Å². The predicted octanol–water partition coefficient (Wildman–Crippen LogP) is 13.9. The van der Waals surface area contributed by atoms with Crippen LogP contribution in [-0.4, -0.2) is 4.57 Å². The summed E-state index contributed by atoms with van der Waals surface area (Å²) in [5.41, 5.74) is 11.7. The van der Waals surface area contributed by atoms with Gasteiger partial charge in [0.2, 0.25) is 0 Å². The van der Waals surface area contributed by atoms with Crippen LogP contribution in [0.5, 0.6) is 0 Å². The van der Waals surface area contributed by atoms with Gasteiger partial charge in [-0.05, 0) is 81.4 Å². The number of anilines is 3. The van der Waals surface area contributed by atoms with Gasteiger partial charge in [-0.1, -0.05) is 158 Å². The van der Waals surface area contributed by atoms with Crippen molar-refractivity contribution in [3.8, 4) is 27.9 Å². The summed E-state index contributed by atoms with van der Waals surface area (Å²) in [5.74, 6) is 0. The number of fused-ring (bicyclic) bond motifs is 5. The van der Waals surface area contributed by atoms with Gasteiger partial charge in [-0.25, -0.2) is 0 Å². The van der Waals surface area contributed by atoms with Crippen molar-refractivity contribution in [2.24, 2.45) is 0 Å². The van der Waals surface area contributed by atoms with Crippen LogP contribution in [0.2, 0.25) is 0 Å². The summed E-state index contributed by atoms with van der Waals surface area (Å²) in [6.07, 6.45) is 0. The Labute approximate surface area is 303 Å². The Morgan fingerprint density at radius 3 is 1.83 bits per heavy atom. The van der Waals surface area contributed by atoms with Gasteiger partial charge in [0.05, 0.1) is 22.4 Å². The highest BCUT2D eigenvalue weighted by molar-refractivity contribution is 6.12. The second-order valence-electron chi connectivity index (χ2n) is 13.3. The van der Waals surface area contributed by atoms with Crippen LogP contribution in [0.4, 0.5) is 17.1 Å². The van der Waals surface area contributed by atoms with Gasteiger partial charge >= 0.3 is 0 Å². The van der Waals surface area contributed by atoms with E-state index in [4.69, 9.17) is 0 Å². The smallest absolute Gasteiger partial charge is 0.0561 e. The maximum absolute atomic E-state index is 2.47. The Hall–Kier alpha value is -6.90. The highest BCUT2D eigenvalue weighted by Gasteiger charge is 2.22. The fourth-order valence-electron chi connectivity index (χ4n) is 7.98. The molecule has 0 saturated carbocycles. The van der Waals surface area contributed by atoms with Gasteiger partial charge in [0, 0.05) is 33.1 Å². The lowest BCUT2D eigenvalue weighted by atomic mass is 9.95. The summed E-state index contributed by atoms with van der Waals surface area (Å²) < 4.78 is 2.40. The van der Waals surface area contributed by atoms with Gasteiger partial charge in [0.25, 0.3) is 0 Å². The van der Waals surface area contributed by atoms with E-state index in [0.717, 1.165) is 22.7 Å². The van der Waals surface area contributed by atoms with Crippen molar-refractivity contribution in [1.29, 1.82) is 0 Å². The molecule has 0 aliphatic heterocycles. The molecule has 0 atom stereocenters. The second kappa shape index (κ2) is 12.5. The van der Waals surface area contributed by atoms with E-state index in [1.54, 1.807) is 0 Å². The minimum absolute atomic E-state index is 1.10. The maximum Gasteiger partial charge on any atom is 0.0561 e. The zero-order valence-corrected chi connectivity index (χ0v) is 28.5. The molecule has 1 aromatic heterocycles. The van der Waals surface area contributed by atoms with Crippen molar-refractivity contribution in [2.75, 3.05) is 4.90 Å². The zero-order valence-electron chi connectivity index (χ0n) is 28.5. The van der Waals surface area contributed by atoms with Crippen LogP contribution in [0.1, 0.15) is 0 Å². The summed E-state index contributed by atoms with van der Waals surface area (Å²) in [6.45, 7) is 0. The van der Waals surface area contributed by atoms with Crippen molar-refractivity contribution < 1.29 is 0 Å². The van der Waals surface area contributed by atoms with Crippen molar-refractivity contribution in [2.45, 2.75) is 0 Å². The van der Waals surface area contributed by atoms with Crippen LogP contribution in [-0.2, 0) is 0 Å². The number of aromatic nitrogens is 1. The topological polar surface area (TPSA) is 8.17 Å². The van der Waals surface area contributed by atoms with Crippen molar-refractivity contribution >= 4 is 60.4 Å². The standard InChI is InChI=1S/C50H34N2/c1-3-16-36(17-4-1)41-31-32-49(44-23-10-9-22-43(41)44)52(47-25-13-11-21-42(47)38-28-27-35-15-7-8-18-37(35)33-38)40-29-30-46-45-24-12-14-26-48(45)51(50(46)34-40)39-19-5-2-6-20-39/h1-34H. The number of hydrogen-bond donors (Lipinski definition) is 0. The van der Waals surface area contributed by atoms with E-state index in [2.05, 4.69) is 216 Å². The first-order chi connectivity index (χ1) is 25.8. The van der Waals surface area contributed by atoms with Crippen LogP contribution in [0.3, 0.4) is 0 Å². The van der Waals surface area contributed by atoms with Gasteiger partial charge in [-0.3, -0.25) is 0 Å². The molecule has 1 heterocycles. The maximum atomic E-state index is 2.47. The molecule has 244 valence electrons. The van der Waals surface area contributed by atoms with Crippen LogP contribution >= 0.6 is 0 Å². The number of rotatable bonds is 6. The van der Waals surface area contributed by atoms with E-state index in [1.165, 1.54) is 65.6 Å². The summed E-state index contributed by atoms with van der Waals surface area (Å²) in [5, 5.41) is 7.36. The van der Waals surface area contributed by atoms with Crippen LogP contribution in [0.25, 0.3) is 71.3 Å². The molecule has 0 N–H and O–H groups in total. The second-order valence-corrected chi connectivity index (χ2v) is 13.3. The molecule has 2 nitrogen and oxygen atoms in total. The van der Waals surface area contributed by atoms with E-state index in [-0.39, 0.29) is 0 Å². The van der Waals surface area contributed by atoms with E-state index >= 15 is 0 Å². The van der Waals surface area contributed by atoms with Gasteiger partial charge < -0.3 is 9.47 Å². The Bertz CT molecular complexity index is 2900. The minimum atomic E-state index is 1.10. The van der Waals surface area contributed by atoms with Gasteiger partial charge in [0.15, 0.2) is 0 Å². The van der Waals surface area contributed by atoms with Gasteiger partial charge in [0.1, 0.15) is 0 Å². The molecule has 0 fully saturated rings. The highest BCUT2D eigenvalue weighted by atomic mass is 15.1. The third-order valence-corrected chi connectivity index (χ3v) is 10.4. The first kappa shape index (κ1) is 30.0. The average Bonchev–Trinajstić information content (AvgIpc) is 3.55. The molecule has 0 bridgehead atoms.